The van der Waals surface area contributed by atoms with Crippen LogP contribution < -0.4 is 0 Å². The highest BCUT2D eigenvalue weighted by atomic mass is 32.2. The Bertz CT molecular complexity index is 1240. The molecule has 0 saturated carbocycles. The fourth-order valence-electron chi connectivity index (χ4n) is 3.80. The highest BCUT2D eigenvalue weighted by Crippen LogP contribution is 2.45. The quantitative estimate of drug-likeness (QED) is 0.432. The molecule has 3 aromatic carbocycles. The number of nitrogens with zero attached hydrogens (tertiary/aromatic N) is 4. The molecule has 0 radical (unpaired) electrons. The van der Waals surface area contributed by atoms with Crippen molar-refractivity contribution in [2.75, 3.05) is 14.1 Å². The number of benzene rings is 3. The molecule has 1 aliphatic rings. The van der Waals surface area contributed by atoms with Crippen molar-refractivity contribution in [1.82, 2.24) is 9.21 Å². The van der Waals surface area contributed by atoms with Crippen LogP contribution in [-0.2, 0) is 10.0 Å². The smallest absolute Gasteiger partial charge is 0.269 e. The Labute approximate surface area is 186 Å². The normalized spacial score (nSPS) is 18.3. The van der Waals surface area contributed by atoms with Crippen molar-refractivity contribution in [3.05, 3.63) is 106 Å². The van der Waals surface area contributed by atoms with E-state index in [0.29, 0.717) is 5.96 Å². The average Bonchev–Trinajstić information content (AvgIpc) is 3.22. The van der Waals surface area contributed by atoms with Crippen LogP contribution in [0.4, 0.5) is 5.69 Å². The van der Waals surface area contributed by atoms with Gasteiger partial charge >= 0.3 is 0 Å². The number of aliphatic imine (C=N–C) groups is 1. The van der Waals surface area contributed by atoms with E-state index in [-0.39, 0.29) is 10.6 Å². The second kappa shape index (κ2) is 8.43. The van der Waals surface area contributed by atoms with Gasteiger partial charge < -0.3 is 4.90 Å². The Balaban J connectivity index is 1.88. The van der Waals surface area contributed by atoms with Gasteiger partial charge in [0.2, 0.25) is 5.96 Å². The average molecular weight is 451 g/mol. The fraction of sp³-hybridized carbons (Fsp3) is 0.174. The molecule has 2 atom stereocenters. The summed E-state index contributed by atoms with van der Waals surface area (Å²) in [6, 6.07) is 22.8. The van der Waals surface area contributed by atoms with Gasteiger partial charge in [-0.2, -0.15) is 0 Å². The monoisotopic (exact) mass is 450 g/mol. The van der Waals surface area contributed by atoms with E-state index in [9.17, 15) is 18.5 Å². The number of guanidine groups is 1. The molecule has 0 saturated heterocycles. The van der Waals surface area contributed by atoms with Crippen molar-refractivity contribution in [3.63, 3.8) is 0 Å². The van der Waals surface area contributed by atoms with Crippen LogP contribution >= 0.6 is 0 Å². The Morgan fingerprint density at radius 1 is 0.875 bits per heavy atom. The summed E-state index contributed by atoms with van der Waals surface area (Å²) in [7, 11) is -0.590. The molecule has 4 rings (SSSR count). The van der Waals surface area contributed by atoms with Crippen LogP contribution in [0.25, 0.3) is 0 Å². The molecule has 0 spiro atoms. The number of nitro groups is 1. The van der Waals surface area contributed by atoms with Crippen LogP contribution in [0.2, 0.25) is 0 Å². The molecule has 1 aliphatic heterocycles. The molecule has 3 aromatic rings. The minimum atomic E-state index is -4.08. The van der Waals surface area contributed by atoms with Gasteiger partial charge in [-0.05, 0) is 23.3 Å². The molecular weight excluding hydrogens is 428 g/mol. The summed E-state index contributed by atoms with van der Waals surface area (Å²) < 4.78 is 29.0. The lowest BCUT2D eigenvalue weighted by molar-refractivity contribution is -0.384. The van der Waals surface area contributed by atoms with Crippen molar-refractivity contribution < 1.29 is 13.3 Å². The summed E-state index contributed by atoms with van der Waals surface area (Å²) in [4.78, 5) is 16.9. The number of hydrogen-bond donors (Lipinski definition) is 0. The van der Waals surface area contributed by atoms with Crippen molar-refractivity contribution in [1.29, 1.82) is 0 Å². The molecule has 164 valence electrons. The first-order valence-electron chi connectivity index (χ1n) is 9.94. The third kappa shape index (κ3) is 3.82. The van der Waals surface area contributed by atoms with E-state index in [1.54, 1.807) is 19.0 Å². The summed E-state index contributed by atoms with van der Waals surface area (Å²) in [5.41, 5.74) is 1.52. The Hall–Kier alpha value is -3.72. The minimum Gasteiger partial charge on any atom is -0.348 e. The lowest BCUT2D eigenvalue weighted by Crippen LogP contribution is -2.43. The summed E-state index contributed by atoms with van der Waals surface area (Å²) in [6.07, 6.45) is 0. The summed E-state index contributed by atoms with van der Waals surface area (Å²) in [5, 5.41) is 11.0. The lowest BCUT2D eigenvalue weighted by Gasteiger charge is -2.32. The number of non-ortho nitro benzene ring substituents is 1. The van der Waals surface area contributed by atoms with E-state index in [4.69, 9.17) is 4.99 Å². The van der Waals surface area contributed by atoms with Crippen molar-refractivity contribution in [2.45, 2.75) is 17.0 Å². The highest BCUT2D eigenvalue weighted by molar-refractivity contribution is 7.89. The maximum Gasteiger partial charge on any atom is 0.269 e. The number of rotatable bonds is 5. The van der Waals surface area contributed by atoms with Gasteiger partial charge in [0.25, 0.3) is 15.7 Å². The van der Waals surface area contributed by atoms with Gasteiger partial charge in [0, 0.05) is 26.2 Å². The lowest BCUT2D eigenvalue weighted by atomic mass is 9.95. The molecule has 1 heterocycles. The third-order valence-electron chi connectivity index (χ3n) is 5.29. The van der Waals surface area contributed by atoms with Gasteiger partial charge in [0.05, 0.1) is 15.9 Å². The molecule has 0 N–H and O–H groups in total. The molecule has 0 fully saturated rings. The van der Waals surface area contributed by atoms with Gasteiger partial charge in [0.1, 0.15) is 6.04 Å². The molecule has 0 bridgehead atoms. The van der Waals surface area contributed by atoms with Gasteiger partial charge in [-0.15, -0.1) is 0 Å². The van der Waals surface area contributed by atoms with E-state index in [1.807, 2.05) is 60.7 Å². The zero-order chi connectivity index (χ0) is 22.9. The zero-order valence-electron chi connectivity index (χ0n) is 17.6. The van der Waals surface area contributed by atoms with Crippen LogP contribution in [0.1, 0.15) is 23.2 Å². The molecule has 9 heteroatoms. The van der Waals surface area contributed by atoms with E-state index in [2.05, 4.69) is 0 Å². The second-order valence-electron chi connectivity index (χ2n) is 7.59. The maximum absolute atomic E-state index is 13.8. The van der Waals surface area contributed by atoms with E-state index < -0.39 is 27.0 Å². The highest BCUT2D eigenvalue weighted by Gasteiger charge is 2.46. The van der Waals surface area contributed by atoms with E-state index in [1.165, 1.54) is 28.6 Å². The van der Waals surface area contributed by atoms with Gasteiger partial charge in [-0.1, -0.05) is 60.7 Å². The van der Waals surface area contributed by atoms with Crippen LogP contribution in [0.3, 0.4) is 0 Å². The minimum absolute atomic E-state index is 0.0349. The van der Waals surface area contributed by atoms with Crippen LogP contribution in [0.5, 0.6) is 0 Å². The molecule has 0 unspecified atom stereocenters. The topological polar surface area (TPSA) is 96.1 Å². The molecule has 32 heavy (non-hydrogen) atoms. The molecule has 0 aliphatic carbocycles. The van der Waals surface area contributed by atoms with Crippen LogP contribution in [-0.4, -0.2) is 42.6 Å². The zero-order valence-corrected chi connectivity index (χ0v) is 18.4. The third-order valence-corrected chi connectivity index (χ3v) is 7.07. The fourth-order valence-corrected chi connectivity index (χ4v) is 5.47. The standard InChI is InChI=1S/C23H22N4O4S/c1-25(2)23-24-21(17-9-5-3-6-10-17)22(18-11-7-4-8-12-18)26(23)32(30,31)20-15-13-19(14-16-20)27(28)29/h3-16,21-22H,1-2H3/t21-,22-/m0/s1. The summed E-state index contributed by atoms with van der Waals surface area (Å²) >= 11 is 0. The number of hydrogen-bond acceptors (Lipinski definition) is 6. The first-order valence-corrected chi connectivity index (χ1v) is 11.4. The number of sulfonamides is 1. The second-order valence-corrected chi connectivity index (χ2v) is 9.40. The van der Waals surface area contributed by atoms with E-state index >= 15 is 0 Å². The first-order chi connectivity index (χ1) is 15.3. The molecule has 0 amide bonds. The maximum atomic E-state index is 13.8. The largest absolute Gasteiger partial charge is 0.348 e. The van der Waals surface area contributed by atoms with Crippen molar-refractivity contribution in [3.8, 4) is 0 Å². The number of nitro benzene ring substituents is 1. The first kappa shape index (κ1) is 21.5. The van der Waals surface area contributed by atoms with E-state index in [0.717, 1.165) is 11.1 Å². The van der Waals surface area contributed by atoms with Crippen molar-refractivity contribution in [2.24, 2.45) is 4.99 Å². The van der Waals surface area contributed by atoms with Gasteiger partial charge in [-0.25, -0.2) is 17.7 Å². The predicted octanol–water partition coefficient (Wildman–Crippen LogP) is 4.00. The Morgan fingerprint density at radius 3 is 1.91 bits per heavy atom. The SMILES string of the molecule is CN(C)C1=N[C@@H](c2ccccc2)[C@H](c2ccccc2)N1S(=O)(=O)c1ccc([N+](=O)[O-])cc1. The van der Waals surface area contributed by atoms with Gasteiger partial charge in [0.15, 0.2) is 0 Å². The molecule has 0 aromatic heterocycles. The van der Waals surface area contributed by atoms with Crippen LogP contribution in [0, 0.1) is 10.1 Å². The summed E-state index contributed by atoms with van der Waals surface area (Å²) in [5.74, 6) is 0.297. The summed E-state index contributed by atoms with van der Waals surface area (Å²) in [6.45, 7) is 0. The molecular formula is C23H22N4O4S. The van der Waals surface area contributed by atoms with Crippen LogP contribution in [0.15, 0.2) is 94.8 Å². The Morgan fingerprint density at radius 2 is 1.41 bits per heavy atom. The predicted molar refractivity (Wildman–Crippen MR) is 122 cm³/mol. The Kier molecular flexibility index (Phi) is 5.67. The van der Waals surface area contributed by atoms with Gasteiger partial charge in [-0.3, -0.25) is 10.1 Å². The van der Waals surface area contributed by atoms with Crippen molar-refractivity contribution >= 4 is 21.7 Å². The molecule has 8 nitrogen and oxygen atoms in total.